The molecule has 0 bridgehead atoms. The Labute approximate surface area is 161 Å². The molecule has 0 amide bonds. The van der Waals surface area contributed by atoms with Gasteiger partial charge in [-0.15, -0.1) is 0 Å². The molecule has 0 spiro atoms. The predicted octanol–water partition coefficient (Wildman–Crippen LogP) is 3.10. The number of methoxy groups -OCH3 is 1. The molecule has 0 atom stereocenters. The van der Waals surface area contributed by atoms with Crippen LogP contribution in [0, 0.1) is 5.82 Å². The molecule has 1 aliphatic heterocycles. The van der Waals surface area contributed by atoms with E-state index in [1.807, 2.05) is 6.07 Å². The topological polar surface area (TPSA) is 49.9 Å². The third-order valence-electron chi connectivity index (χ3n) is 4.41. The van der Waals surface area contributed by atoms with Crippen LogP contribution in [0.15, 0.2) is 51.8 Å². The minimum atomic E-state index is -3.48. The van der Waals surface area contributed by atoms with Crippen LogP contribution in [0.25, 0.3) is 0 Å². The molecule has 0 aromatic heterocycles. The van der Waals surface area contributed by atoms with Crippen molar-refractivity contribution in [2.45, 2.75) is 11.4 Å². The maximum atomic E-state index is 13.8. The van der Waals surface area contributed by atoms with Gasteiger partial charge < -0.3 is 4.74 Å². The largest absolute Gasteiger partial charge is 0.494 e. The van der Waals surface area contributed by atoms with Gasteiger partial charge in [0.15, 0.2) is 11.6 Å². The van der Waals surface area contributed by atoms with Gasteiger partial charge in [-0.05, 0) is 42.0 Å². The van der Waals surface area contributed by atoms with Crippen LogP contribution in [0.4, 0.5) is 4.39 Å². The van der Waals surface area contributed by atoms with Crippen molar-refractivity contribution in [1.29, 1.82) is 0 Å². The highest BCUT2D eigenvalue weighted by Crippen LogP contribution is 2.22. The molecule has 0 unspecified atom stereocenters. The van der Waals surface area contributed by atoms with E-state index in [1.165, 1.54) is 17.5 Å². The van der Waals surface area contributed by atoms with Gasteiger partial charge in [0.05, 0.1) is 12.0 Å². The number of hydrogen-bond donors (Lipinski definition) is 0. The Morgan fingerprint density at radius 1 is 1.08 bits per heavy atom. The number of benzene rings is 2. The van der Waals surface area contributed by atoms with Crippen molar-refractivity contribution in [3.05, 3.63) is 58.3 Å². The Morgan fingerprint density at radius 2 is 1.73 bits per heavy atom. The number of sulfonamides is 1. The number of nitrogens with zero attached hydrogens (tertiary/aromatic N) is 2. The van der Waals surface area contributed by atoms with E-state index in [1.54, 1.807) is 30.3 Å². The van der Waals surface area contributed by atoms with Gasteiger partial charge in [0, 0.05) is 37.2 Å². The molecular weight excluding hydrogens is 423 g/mol. The predicted molar refractivity (Wildman–Crippen MR) is 101 cm³/mol. The van der Waals surface area contributed by atoms with Gasteiger partial charge >= 0.3 is 0 Å². The average Bonchev–Trinajstić information content (AvgIpc) is 2.63. The van der Waals surface area contributed by atoms with Crippen molar-refractivity contribution in [3.8, 4) is 5.75 Å². The Balaban J connectivity index is 1.62. The van der Waals surface area contributed by atoms with Gasteiger partial charge in [-0.3, -0.25) is 4.90 Å². The van der Waals surface area contributed by atoms with Gasteiger partial charge in [-0.1, -0.05) is 22.0 Å². The number of hydrogen-bond acceptors (Lipinski definition) is 4. The van der Waals surface area contributed by atoms with Crippen molar-refractivity contribution < 1.29 is 17.5 Å². The van der Waals surface area contributed by atoms with Crippen LogP contribution in [0.5, 0.6) is 5.75 Å². The molecule has 0 N–H and O–H groups in total. The SMILES string of the molecule is COc1ccc(CN2CCN(S(=O)(=O)c3ccc(Br)cc3)CC2)cc1F. The minimum Gasteiger partial charge on any atom is -0.494 e. The molecule has 2 aromatic rings. The fourth-order valence-electron chi connectivity index (χ4n) is 2.95. The number of halogens is 2. The van der Waals surface area contributed by atoms with Crippen LogP contribution in [0.3, 0.4) is 0 Å². The summed E-state index contributed by atoms with van der Waals surface area (Å²) in [6.45, 7) is 2.61. The van der Waals surface area contributed by atoms with Crippen LogP contribution >= 0.6 is 15.9 Å². The first-order valence-corrected chi connectivity index (χ1v) is 10.4. The van der Waals surface area contributed by atoms with E-state index >= 15 is 0 Å². The van der Waals surface area contributed by atoms with E-state index in [9.17, 15) is 12.8 Å². The van der Waals surface area contributed by atoms with Gasteiger partial charge in [0.2, 0.25) is 10.0 Å². The van der Waals surface area contributed by atoms with E-state index in [4.69, 9.17) is 4.74 Å². The molecule has 5 nitrogen and oxygen atoms in total. The molecule has 1 aliphatic rings. The molecular formula is C18H20BrFN2O3S. The first-order chi connectivity index (χ1) is 12.4. The highest BCUT2D eigenvalue weighted by molar-refractivity contribution is 9.10. The van der Waals surface area contributed by atoms with Crippen molar-refractivity contribution in [1.82, 2.24) is 9.21 Å². The fraction of sp³-hybridized carbons (Fsp3) is 0.333. The molecule has 1 fully saturated rings. The number of rotatable bonds is 5. The van der Waals surface area contributed by atoms with E-state index in [-0.39, 0.29) is 11.6 Å². The lowest BCUT2D eigenvalue weighted by Crippen LogP contribution is -2.48. The standard InChI is InChI=1S/C18H20BrFN2O3S/c1-25-18-7-2-14(12-17(18)20)13-21-8-10-22(11-9-21)26(23,24)16-5-3-15(19)4-6-16/h2-7,12H,8-11,13H2,1H3. The quantitative estimate of drug-likeness (QED) is 0.713. The van der Waals surface area contributed by atoms with E-state index in [2.05, 4.69) is 20.8 Å². The average molecular weight is 443 g/mol. The highest BCUT2D eigenvalue weighted by atomic mass is 79.9. The minimum absolute atomic E-state index is 0.221. The first-order valence-electron chi connectivity index (χ1n) is 8.20. The van der Waals surface area contributed by atoms with Gasteiger partial charge in [-0.2, -0.15) is 4.31 Å². The van der Waals surface area contributed by atoms with E-state index in [0.717, 1.165) is 10.0 Å². The van der Waals surface area contributed by atoms with Crippen LogP contribution in [0.2, 0.25) is 0 Å². The summed E-state index contributed by atoms with van der Waals surface area (Å²) in [5.74, 6) is -0.166. The zero-order chi connectivity index (χ0) is 18.7. The summed E-state index contributed by atoms with van der Waals surface area (Å²) in [7, 11) is -2.05. The monoisotopic (exact) mass is 442 g/mol. The van der Waals surface area contributed by atoms with Gasteiger partial charge in [-0.25, -0.2) is 12.8 Å². The molecule has 8 heteroatoms. The van der Waals surface area contributed by atoms with Crippen LogP contribution < -0.4 is 4.74 Å². The van der Waals surface area contributed by atoms with Crippen molar-refractivity contribution in [2.24, 2.45) is 0 Å². The smallest absolute Gasteiger partial charge is 0.243 e. The zero-order valence-corrected chi connectivity index (χ0v) is 16.8. The lowest BCUT2D eigenvalue weighted by Gasteiger charge is -2.34. The van der Waals surface area contributed by atoms with Gasteiger partial charge in [0.1, 0.15) is 0 Å². The second-order valence-electron chi connectivity index (χ2n) is 6.10. The second-order valence-corrected chi connectivity index (χ2v) is 8.96. The van der Waals surface area contributed by atoms with Crippen molar-refractivity contribution in [2.75, 3.05) is 33.3 Å². The molecule has 1 saturated heterocycles. The molecule has 2 aromatic carbocycles. The highest BCUT2D eigenvalue weighted by Gasteiger charge is 2.28. The summed E-state index contributed by atoms with van der Waals surface area (Å²) in [5.41, 5.74) is 0.840. The second kappa shape index (κ2) is 8.04. The van der Waals surface area contributed by atoms with Gasteiger partial charge in [0.25, 0.3) is 0 Å². The summed E-state index contributed by atoms with van der Waals surface area (Å²) in [4.78, 5) is 2.42. The third kappa shape index (κ3) is 4.25. The molecule has 0 saturated carbocycles. The summed E-state index contributed by atoms with van der Waals surface area (Å²) in [6.07, 6.45) is 0. The molecule has 26 heavy (non-hydrogen) atoms. The number of ether oxygens (including phenoxy) is 1. The summed E-state index contributed by atoms with van der Waals surface area (Å²) < 4.78 is 46.5. The Bertz CT molecular complexity index is 867. The third-order valence-corrected chi connectivity index (χ3v) is 6.85. The van der Waals surface area contributed by atoms with E-state index < -0.39 is 10.0 Å². The van der Waals surface area contributed by atoms with Crippen molar-refractivity contribution in [3.63, 3.8) is 0 Å². The lowest BCUT2D eigenvalue weighted by atomic mass is 10.2. The Kier molecular flexibility index (Phi) is 5.96. The van der Waals surface area contributed by atoms with Crippen LogP contribution in [0.1, 0.15) is 5.56 Å². The maximum Gasteiger partial charge on any atom is 0.243 e. The van der Waals surface area contributed by atoms with Crippen LogP contribution in [-0.2, 0) is 16.6 Å². The Hall–Kier alpha value is -1.48. The molecule has 0 radical (unpaired) electrons. The summed E-state index contributed by atoms with van der Waals surface area (Å²) >= 11 is 3.31. The van der Waals surface area contributed by atoms with Crippen molar-refractivity contribution >= 4 is 26.0 Å². The summed E-state index contributed by atoms with van der Waals surface area (Å²) in [6, 6.07) is 11.6. The van der Waals surface area contributed by atoms with E-state index in [0.29, 0.717) is 37.6 Å². The number of piperazine rings is 1. The molecule has 0 aliphatic carbocycles. The summed E-state index contributed by atoms with van der Waals surface area (Å²) in [5, 5.41) is 0. The molecule has 140 valence electrons. The fourth-order valence-corrected chi connectivity index (χ4v) is 4.64. The molecule has 1 heterocycles. The van der Waals surface area contributed by atoms with Crippen LogP contribution in [-0.4, -0.2) is 50.9 Å². The lowest BCUT2D eigenvalue weighted by molar-refractivity contribution is 0.181. The first kappa shape index (κ1) is 19.3. The molecule has 3 rings (SSSR count). The Morgan fingerprint density at radius 3 is 2.31 bits per heavy atom. The zero-order valence-electron chi connectivity index (χ0n) is 14.4. The normalized spacial score (nSPS) is 16.6. The maximum absolute atomic E-state index is 13.8.